The molecule has 2 aromatic rings. The summed E-state index contributed by atoms with van der Waals surface area (Å²) in [6.07, 6.45) is 0. The number of sulfonamides is 1. The lowest BCUT2D eigenvalue weighted by molar-refractivity contribution is -0.119. The second-order valence-corrected chi connectivity index (χ2v) is 8.21. The number of ketones is 1. The van der Waals surface area contributed by atoms with Crippen LogP contribution in [0, 0.1) is 6.92 Å². The van der Waals surface area contributed by atoms with Crippen molar-refractivity contribution in [3.63, 3.8) is 0 Å². The van der Waals surface area contributed by atoms with E-state index in [0.717, 1.165) is 9.87 Å². The molecule has 1 atom stereocenters. The van der Waals surface area contributed by atoms with Crippen LogP contribution in [0.1, 0.15) is 36.7 Å². The largest absolute Gasteiger partial charge is 0.325 e. The predicted octanol–water partition coefficient (Wildman–Crippen LogP) is 3.24. The molecule has 0 bridgehead atoms. The molecule has 2 rings (SSSR count). The van der Waals surface area contributed by atoms with Gasteiger partial charge in [-0.05, 0) is 45.0 Å². The first kappa shape index (κ1) is 20.8. The molecular formula is C20H24N2O4S. The Morgan fingerprint density at radius 2 is 1.59 bits per heavy atom. The number of nitrogens with zero attached hydrogens (tertiary/aromatic N) is 1. The van der Waals surface area contributed by atoms with Gasteiger partial charge in [-0.1, -0.05) is 36.8 Å². The van der Waals surface area contributed by atoms with E-state index in [2.05, 4.69) is 5.32 Å². The molecule has 0 radical (unpaired) electrons. The lowest BCUT2D eigenvalue weighted by atomic mass is 10.2. The van der Waals surface area contributed by atoms with E-state index in [9.17, 15) is 18.0 Å². The fourth-order valence-corrected chi connectivity index (χ4v) is 4.27. The van der Waals surface area contributed by atoms with Gasteiger partial charge in [0.2, 0.25) is 15.9 Å². The number of anilines is 1. The number of carbonyl (C=O) groups is 2. The summed E-state index contributed by atoms with van der Waals surface area (Å²) in [6, 6.07) is 12.1. The van der Waals surface area contributed by atoms with E-state index in [1.807, 2.05) is 19.1 Å². The zero-order valence-electron chi connectivity index (χ0n) is 15.9. The topological polar surface area (TPSA) is 83.6 Å². The van der Waals surface area contributed by atoms with Crippen molar-refractivity contribution in [3.05, 3.63) is 59.7 Å². The maximum Gasteiger partial charge on any atom is 0.243 e. The van der Waals surface area contributed by atoms with Crippen molar-refractivity contribution in [2.24, 2.45) is 0 Å². The third-order valence-corrected chi connectivity index (χ3v) is 6.37. The molecule has 27 heavy (non-hydrogen) atoms. The Hall–Kier alpha value is -2.51. The Morgan fingerprint density at radius 1 is 1.04 bits per heavy atom. The summed E-state index contributed by atoms with van der Waals surface area (Å²) in [7, 11) is -3.88. The van der Waals surface area contributed by atoms with Crippen LogP contribution < -0.4 is 5.32 Å². The number of nitrogens with one attached hydrogen (secondary N) is 1. The van der Waals surface area contributed by atoms with Gasteiger partial charge in [0.15, 0.2) is 5.78 Å². The molecule has 144 valence electrons. The maximum atomic E-state index is 12.9. The molecule has 0 saturated carbocycles. The lowest BCUT2D eigenvalue weighted by Crippen LogP contribution is -2.45. The average Bonchev–Trinajstić information content (AvgIpc) is 2.63. The number of hydrogen-bond acceptors (Lipinski definition) is 4. The maximum absolute atomic E-state index is 12.9. The fraction of sp³-hybridized carbons (Fsp3) is 0.300. The van der Waals surface area contributed by atoms with Crippen molar-refractivity contribution in [3.8, 4) is 0 Å². The summed E-state index contributed by atoms with van der Waals surface area (Å²) >= 11 is 0. The Labute approximate surface area is 160 Å². The number of Topliss-reactive ketones (excluding diaryl/α,β-unsaturated/α-hetero) is 1. The predicted molar refractivity (Wildman–Crippen MR) is 105 cm³/mol. The van der Waals surface area contributed by atoms with Crippen LogP contribution in [0.2, 0.25) is 0 Å². The standard InChI is InChI=1S/C20H24N2O4S/c1-5-22(15(3)20(24)21-18-10-6-14(2)7-11-18)27(25,26)19-12-8-17(9-13-19)16(4)23/h6-13,15H,5H2,1-4H3,(H,21,24)/t15-/m0/s1. The van der Waals surface area contributed by atoms with Crippen molar-refractivity contribution in [2.45, 2.75) is 38.6 Å². The van der Waals surface area contributed by atoms with E-state index in [1.54, 1.807) is 26.0 Å². The fourth-order valence-electron chi connectivity index (χ4n) is 2.66. The van der Waals surface area contributed by atoms with Crippen LogP contribution in [-0.4, -0.2) is 37.0 Å². The molecule has 0 saturated heterocycles. The summed E-state index contributed by atoms with van der Waals surface area (Å²) in [6.45, 7) is 6.72. The van der Waals surface area contributed by atoms with Gasteiger partial charge in [-0.3, -0.25) is 9.59 Å². The number of hydrogen-bond donors (Lipinski definition) is 1. The van der Waals surface area contributed by atoms with Gasteiger partial charge >= 0.3 is 0 Å². The lowest BCUT2D eigenvalue weighted by Gasteiger charge is -2.26. The molecule has 1 amide bonds. The molecule has 7 heteroatoms. The average molecular weight is 388 g/mol. The minimum Gasteiger partial charge on any atom is -0.325 e. The van der Waals surface area contributed by atoms with Gasteiger partial charge in [-0.2, -0.15) is 4.31 Å². The quantitative estimate of drug-likeness (QED) is 0.738. The van der Waals surface area contributed by atoms with Crippen LogP contribution in [0.15, 0.2) is 53.4 Å². The van der Waals surface area contributed by atoms with E-state index in [-0.39, 0.29) is 17.2 Å². The highest BCUT2D eigenvalue weighted by molar-refractivity contribution is 7.89. The second-order valence-electron chi connectivity index (χ2n) is 6.32. The smallest absolute Gasteiger partial charge is 0.243 e. The number of amides is 1. The van der Waals surface area contributed by atoms with E-state index < -0.39 is 22.0 Å². The van der Waals surface area contributed by atoms with Gasteiger partial charge in [-0.15, -0.1) is 0 Å². The number of likely N-dealkylation sites (N-methyl/N-ethyl adjacent to an activating group) is 1. The number of carbonyl (C=O) groups excluding carboxylic acids is 2. The van der Waals surface area contributed by atoms with Crippen molar-refractivity contribution in [1.29, 1.82) is 0 Å². The highest BCUT2D eigenvalue weighted by Crippen LogP contribution is 2.20. The molecule has 0 aromatic heterocycles. The second kappa shape index (κ2) is 8.45. The molecule has 6 nitrogen and oxygen atoms in total. The third kappa shape index (κ3) is 4.81. The number of benzene rings is 2. The normalized spacial score (nSPS) is 12.6. The molecule has 0 aliphatic carbocycles. The summed E-state index contributed by atoms with van der Waals surface area (Å²) < 4.78 is 27.0. The van der Waals surface area contributed by atoms with Gasteiger partial charge in [0, 0.05) is 17.8 Å². The molecule has 0 fully saturated rings. The summed E-state index contributed by atoms with van der Waals surface area (Å²) in [5, 5.41) is 2.74. The van der Waals surface area contributed by atoms with Crippen LogP contribution in [0.4, 0.5) is 5.69 Å². The minimum atomic E-state index is -3.88. The molecule has 1 N–H and O–H groups in total. The number of aryl methyl sites for hydroxylation is 1. The Balaban J connectivity index is 2.23. The van der Waals surface area contributed by atoms with Gasteiger partial charge in [0.05, 0.1) is 4.90 Å². The van der Waals surface area contributed by atoms with Crippen LogP contribution in [0.25, 0.3) is 0 Å². The van der Waals surface area contributed by atoms with E-state index in [4.69, 9.17) is 0 Å². The molecule has 2 aromatic carbocycles. The summed E-state index contributed by atoms with van der Waals surface area (Å²) in [5.74, 6) is -0.554. The minimum absolute atomic E-state index is 0.0457. The third-order valence-electron chi connectivity index (χ3n) is 4.31. The Morgan fingerprint density at radius 3 is 2.07 bits per heavy atom. The highest BCUT2D eigenvalue weighted by atomic mass is 32.2. The van der Waals surface area contributed by atoms with Gasteiger partial charge in [-0.25, -0.2) is 8.42 Å². The molecule has 0 heterocycles. The monoisotopic (exact) mass is 388 g/mol. The van der Waals surface area contributed by atoms with Crippen molar-refractivity contribution in [1.82, 2.24) is 4.31 Å². The van der Waals surface area contributed by atoms with E-state index >= 15 is 0 Å². The van der Waals surface area contributed by atoms with Gasteiger partial charge < -0.3 is 5.32 Å². The molecule has 0 spiro atoms. The van der Waals surface area contributed by atoms with E-state index in [1.165, 1.54) is 31.2 Å². The Kier molecular flexibility index (Phi) is 6.51. The number of rotatable bonds is 7. The van der Waals surface area contributed by atoms with Crippen molar-refractivity contribution >= 4 is 27.4 Å². The molecule has 0 unspecified atom stereocenters. The first-order valence-electron chi connectivity index (χ1n) is 8.67. The molecular weight excluding hydrogens is 364 g/mol. The van der Waals surface area contributed by atoms with Crippen LogP contribution in [0.5, 0.6) is 0 Å². The van der Waals surface area contributed by atoms with E-state index in [0.29, 0.717) is 11.3 Å². The van der Waals surface area contributed by atoms with Crippen molar-refractivity contribution < 1.29 is 18.0 Å². The SMILES string of the molecule is CCN([C@@H](C)C(=O)Nc1ccc(C)cc1)S(=O)(=O)c1ccc(C(C)=O)cc1. The zero-order valence-corrected chi connectivity index (χ0v) is 16.7. The molecule has 0 aliphatic rings. The Bertz CT molecular complexity index is 919. The first-order valence-corrected chi connectivity index (χ1v) is 10.1. The van der Waals surface area contributed by atoms with Crippen LogP contribution >= 0.6 is 0 Å². The van der Waals surface area contributed by atoms with Gasteiger partial charge in [0.25, 0.3) is 0 Å². The van der Waals surface area contributed by atoms with Crippen LogP contribution in [0.3, 0.4) is 0 Å². The van der Waals surface area contributed by atoms with Gasteiger partial charge in [0.1, 0.15) is 6.04 Å². The van der Waals surface area contributed by atoms with Crippen molar-refractivity contribution in [2.75, 3.05) is 11.9 Å². The summed E-state index contributed by atoms with van der Waals surface area (Å²) in [5.41, 5.74) is 2.10. The highest BCUT2D eigenvalue weighted by Gasteiger charge is 2.31. The summed E-state index contributed by atoms with van der Waals surface area (Å²) in [4.78, 5) is 24.0. The zero-order chi connectivity index (χ0) is 20.2. The van der Waals surface area contributed by atoms with Crippen LogP contribution in [-0.2, 0) is 14.8 Å². The molecule has 0 aliphatic heterocycles. The first-order chi connectivity index (χ1) is 12.7.